The molecule has 3 amide bonds. The van der Waals surface area contributed by atoms with E-state index in [-0.39, 0.29) is 42.8 Å². The number of benzene rings is 1. The van der Waals surface area contributed by atoms with Crippen molar-refractivity contribution in [2.75, 3.05) is 6.61 Å². The Morgan fingerprint density at radius 1 is 1.08 bits per heavy atom. The van der Waals surface area contributed by atoms with E-state index in [0.29, 0.717) is 0 Å². The molecule has 1 heterocycles. The number of amides is 3. The quantitative estimate of drug-likeness (QED) is 0.250. The van der Waals surface area contributed by atoms with Gasteiger partial charge in [-0.1, -0.05) is 31.2 Å². The molecular weight excluding hydrogens is 493 g/mol. The van der Waals surface area contributed by atoms with Gasteiger partial charge in [-0.3, -0.25) is 14.4 Å². The Balaban J connectivity index is 2.13. The lowest BCUT2D eigenvalue weighted by Gasteiger charge is -2.20. The number of halogens is 3. The van der Waals surface area contributed by atoms with Crippen molar-refractivity contribution in [3.05, 3.63) is 59.8 Å². The minimum absolute atomic E-state index is 0.0364. The standard InChI is InChI=1S/C25H29F3N4O5/c1-3-18(23(35)30-15(9-13-21(29)33)10-14-22(34)37-4-2)32-24(36)20-12-11-19(31-20)16-7-5-6-8-17(16)25(26,27)28/h5-8,10-12,14-15,18,31H,3-4,9,13H2,1-2H3,(H2,29,33)(H,30,35)(H,32,36)/t15-,18-/m0/s1. The minimum Gasteiger partial charge on any atom is -0.463 e. The Kier molecular flexibility index (Phi) is 10.5. The number of esters is 1. The van der Waals surface area contributed by atoms with E-state index in [9.17, 15) is 32.3 Å². The SMILES string of the molecule is CCOC(=O)C=C[C@H](CCC(N)=O)NC(=O)[C@H](CC)NC(=O)c1ccc(-c2ccccc2C(F)(F)F)[nH]1. The van der Waals surface area contributed by atoms with Gasteiger partial charge in [0.15, 0.2) is 0 Å². The average molecular weight is 523 g/mol. The van der Waals surface area contributed by atoms with Gasteiger partial charge in [-0.05, 0) is 38.0 Å². The number of ether oxygens (including phenoxy) is 1. The highest BCUT2D eigenvalue weighted by molar-refractivity contribution is 5.97. The fraction of sp³-hybridized carbons (Fsp3) is 0.360. The summed E-state index contributed by atoms with van der Waals surface area (Å²) in [7, 11) is 0. The van der Waals surface area contributed by atoms with E-state index in [4.69, 9.17) is 10.5 Å². The van der Waals surface area contributed by atoms with Crippen molar-refractivity contribution in [3.63, 3.8) is 0 Å². The molecule has 1 aromatic heterocycles. The number of H-pyrrole nitrogens is 1. The third kappa shape index (κ3) is 8.81. The van der Waals surface area contributed by atoms with Gasteiger partial charge in [-0.25, -0.2) is 4.79 Å². The summed E-state index contributed by atoms with van der Waals surface area (Å²) in [4.78, 5) is 51.0. The van der Waals surface area contributed by atoms with Crippen LogP contribution in [0.1, 0.15) is 49.2 Å². The smallest absolute Gasteiger partial charge is 0.417 e. The number of aromatic nitrogens is 1. The van der Waals surface area contributed by atoms with Crippen molar-refractivity contribution in [2.45, 2.75) is 51.4 Å². The molecule has 200 valence electrons. The first-order valence-electron chi connectivity index (χ1n) is 11.6. The van der Waals surface area contributed by atoms with Crippen LogP contribution in [0.25, 0.3) is 11.3 Å². The molecule has 12 heteroatoms. The molecule has 1 aromatic carbocycles. The van der Waals surface area contributed by atoms with Crippen molar-refractivity contribution in [3.8, 4) is 11.3 Å². The van der Waals surface area contributed by atoms with E-state index >= 15 is 0 Å². The number of nitrogens with two attached hydrogens (primary N) is 1. The molecule has 0 aliphatic rings. The molecule has 2 atom stereocenters. The number of nitrogens with one attached hydrogen (secondary N) is 3. The zero-order chi connectivity index (χ0) is 27.6. The van der Waals surface area contributed by atoms with Crippen LogP contribution in [0.3, 0.4) is 0 Å². The summed E-state index contributed by atoms with van der Waals surface area (Å²) in [5, 5.41) is 5.18. The number of hydrogen-bond acceptors (Lipinski definition) is 5. The van der Waals surface area contributed by atoms with Crippen LogP contribution in [-0.2, 0) is 25.3 Å². The van der Waals surface area contributed by atoms with E-state index in [0.717, 1.165) is 12.1 Å². The third-order valence-corrected chi connectivity index (χ3v) is 5.26. The monoisotopic (exact) mass is 522 g/mol. The van der Waals surface area contributed by atoms with Crippen molar-refractivity contribution < 1.29 is 37.1 Å². The Bertz CT molecular complexity index is 1140. The molecule has 0 bridgehead atoms. The third-order valence-electron chi connectivity index (χ3n) is 5.26. The number of carbonyl (C=O) groups is 4. The summed E-state index contributed by atoms with van der Waals surface area (Å²) in [6.45, 7) is 3.44. The molecule has 9 nitrogen and oxygen atoms in total. The molecule has 0 aliphatic heterocycles. The summed E-state index contributed by atoms with van der Waals surface area (Å²) in [6.07, 6.45) is -1.86. The normalized spacial score (nSPS) is 13.1. The second-order valence-corrected chi connectivity index (χ2v) is 7.99. The van der Waals surface area contributed by atoms with Crippen LogP contribution >= 0.6 is 0 Å². The Labute approximate surface area is 211 Å². The highest BCUT2D eigenvalue weighted by Crippen LogP contribution is 2.36. The van der Waals surface area contributed by atoms with Gasteiger partial charge < -0.3 is 26.1 Å². The zero-order valence-corrected chi connectivity index (χ0v) is 20.4. The van der Waals surface area contributed by atoms with Gasteiger partial charge in [0.2, 0.25) is 11.8 Å². The van der Waals surface area contributed by atoms with E-state index in [2.05, 4.69) is 15.6 Å². The topological polar surface area (TPSA) is 143 Å². The van der Waals surface area contributed by atoms with E-state index in [1.54, 1.807) is 13.8 Å². The van der Waals surface area contributed by atoms with Gasteiger partial charge >= 0.3 is 12.1 Å². The highest BCUT2D eigenvalue weighted by atomic mass is 19.4. The Hall–Kier alpha value is -4.09. The number of alkyl halides is 3. The predicted octanol–water partition coefficient (Wildman–Crippen LogP) is 3.08. The molecule has 0 fully saturated rings. The van der Waals surface area contributed by atoms with Crippen LogP contribution in [-0.4, -0.2) is 47.4 Å². The molecule has 2 aromatic rings. The fourth-order valence-corrected chi connectivity index (χ4v) is 3.42. The lowest BCUT2D eigenvalue weighted by molar-refractivity contribution is -0.138. The maximum Gasteiger partial charge on any atom is 0.417 e. The first-order chi connectivity index (χ1) is 17.5. The number of aromatic amines is 1. The second kappa shape index (κ2) is 13.3. The fourth-order valence-electron chi connectivity index (χ4n) is 3.42. The Morgan fingerprint density at radius 3 is 2.41 bits per heavy atom. The van der Waals surface area contributed by atoms with Gasteiger partial charge in [0.05, 0.1) is 12.2 Å². The van der Waals surface area contributed by atoms with Crippen LogP contribution in [0.2, 0.25) is 0 Å². The molecule has 0 saturated carbocycles. The van der Waals surface area contributed by atoms with Crippen molar-refractivity contribution in [1.29, 1.82) is 0 Å². The number of rotatable bonds is 12. The van der Waals surface area contributed by atoms with Crippen LogP contribution in [0.4, 0.5) is 13.2 Å². The van der Waals surface area contributed by atoms with Crippen LogP contribution in [0, 0.1) is 0 Å². The molecule has 0 radical (unpaired) electrons. The number of carbonyl (C=O) groups excluding carboxylic acids is 4. The van der Waals surface area contributed by atoms with Gasteiger partial charge in [0, 0.05) is 29.8 Å². The van der Waals surface area contributed by atoms with Gasteiger partial charge in [0.25, 0.3) is 5.91 Å². The van der Waals surface area contributed by atoms with Crippen LogP contribution < -0.4 is 16.4 Å². The molecule has 37 heavy (non-hydrogen) atoms. The molecular formula is C25H29F3N4O5. The average Bonchev–Trinajstić information content (AvgIpc) is 3.34. The molecule has 2 rings (SSSR count). The van der Waals surface area contributed by atoms with E-state index in [1.165, 1.54) is 36.4 Å². The van der Waals surface area contributed by atoms with Gasteiger partial charge in [-0.15, -0.1) is 0 Å². The molecule has 5 N–H and O–H groups in total. The maximum atomic E-state index is 13.4. The summed E-state index contributed by atoms with van der Waals surface area (Å²) in [5.41, 5.74) is 4.26. The van der Waals surface area contributed by atoms with Gasteiger partial charge in [0.1, 0.15) is 11.7 Å². The van der Waals surface area contributed by atoms with E-state index < -0.39 is 47.5 Å². The molecule has 0 saturated heterocycles. The lowest BCUT2D eigenvalue weighted by Crippen LogP contribution is -2.49. The first-order valence-corrected chi connectivity index (χ1v) is 11.6. The van der Waals surface area contributed by atoms with Gasteiger partial charge in [-0.2, -0.15) is 13.2 Å². The minimum atomic E-state index is -4.58. The summed E-state index contributed by atoms with van der Waals surface area (Å²) >= 11 is 0. The molecule has 0 unspecified atom stereocenters. The van der Waals surface area contributed by atoms with Crippen LogP contribution in [0.15, 0.2) is 48.6 Å². The van der Waals surface area contributed by atoms with Crippen molar-refractivity contribution in [1.82, 2.24) is 15.6 Å². The highest BCUT2D eigenvalue weighted by Gasteiger charge is 2.33. The first kappa shape index (κ1) is 29.1. The zero-order valence-electron chi connectivity index (χ0n) is 20.4. The van der Waals surface area contributed by atoms with Crippen LogP contribution in [0.5, 0.6) is 0 Å². The largest absolute Gasteiger partial charge is 0.463 e. The number of primary amides is 1. The van der Waals surface area contributed by atoms with E-state index in [1.807, 2.05) is 0 Å². The summed E-state index contributed by atoms with van der Waals surface area (Å²) < 4.78 is 44.9. The van der Waals surface area contributed by atoms with Crippen molar-refractivity contribution >= 4 is 23.7 Å². The Morgan fingerprint density at radius 2 is 1.78 bits per heavy atom. The molecule has 0 aliphatic carbocycles. The maximum absolute atomic E-state index is 13.4. The molecule has 0 spiro atoms. The summed E-state index contributed by atoms with van der Waals surface area (Å²) in [6, 6.07) is 5.87. The second-order valence-electron chi connectivity index (χ2n) is 7.99. The van der Waals surface area contributed by atoms with Crippen molar-refractivity contribution in [2.24, 2.45) is 5.73 Å². The lowest BCUT2D eigenvalue weighted by atomic mass is 10.0. The predicted molar refractivity (Wildman–Crippen MR) is 129 cm³/mol. The summed E-state index contributed by atoms with van der Waals surface area (Å²) in [5.74, 6) is -2.52. The number of hydrogen-bond donors (Lipinski definition) is 4.